The molecule has 1 aromatic rings. The average molecular weight is 250 g/mol. The third-order valence-corrected chi connectivity index (χ3v) is 2.78. The minimum absolute atomic E-state index is 0.0991. The Kier molecular flexibility index (Phi) is 5.49. The van der Waals surface area contributed by atoms with Gasteiger partial charge in [-0.1, -0.05) is 31.1 Å². The Balaban J connectivity index is 2.64. The van der Waals surface area contributed by atoms with Crippen molar-refractivity contribution in [1.82, 2.24) is 0 Å². The van der Waals surface area contributed by atoms with Crippen molar-refractivity contribution < 1.29 is 9.94 Å². The molecule has 4 nitrogen and oxygen atoms in total. The molecule has 0 aliphatic carbocycles. The zero-order valence-electron chi connectivity index (χ0n) is 11.3. The highest BCUT2D eigenvalue weighted by molar-refractivity contribution is 5.97. The fourth-order valence-corrected chi connectivity index (χ4v) is 1.65. The number of nitrogens with zero attached hydrogens (tertiary/aromatic N) is 1. The zero-order valence-corrected chi connectivity index (χ0v) is 11.3. The van der Waals surface area contributed by atoms with Gasteiger partial charge >= 0.3 is 0 Å². The topological polar surface area (TPSA) is 67.8 Å². The maximum absolute atomic E-state index is 8.65. The number of ether oxygens (including phenoxy) is 1. The molecule has 0 radical (unpaired) electrons. The summed E-state index contributed by atoms with van der Waals surface area (Å²) in [5.74, 6) is 1.59. The van der Waals surface area contributed by atoms with Crippen molar-refractivity contribution in [2.24, 2.45) is 16.8 Å². The van der Waals surface area contributed by atoms with E-state index in [4.69, 9.17) is 15.7 Å². The van der Waals surface area contributed by atoms with Crippen LogP contribution in [0.5, 0.6) is 5.75 Å². The lowest BCUT2D eigenvalue weighted by atomic mass is 10.1. The van der Waals surface area contributed by atoms with Gasteiger partial charge in [-0.15, -0.1) is 0 Å². The normalized spacial score (nSPS) is 11.9. The van der Waals surface area contributed by atoms with Crippen LogP contribution in [-0.2, 0) is 0 Å². The van der Waals surface area contributed by atoms with Crippen LogP contribution in [0.1, 0.15) is 37.8 Å². The molecule has 100 valence electrons. The Morgan fingerprint density at radius 2 is 2.17 bits per heavy atom. The molecule has 0 amide bonds. The number of oxime groups is 1. The van der Waals surface area contributed by atoms with Gasteiger partial charge in [-0.05, 0) is 37.3 Å². The van der Waals surface area contributed by atoms with Crippen LogP contribution in [0.4, 0.5) is 0 Å². The van der Waals surface area contributed by atoms with E-state index in [0.717, 1.165) is 24.2 Å². The van der Waals surface area contributed by atoms with Gasteiger partial charge in [0.05, 0.1) is 6.61 Å². The lowest BCUT2D eigenvalue weighted by Gasteiger charge is -2.11. The van der Waals surface area contributed by atoms with Crippen molar-refractivity contribution in [3.8, 4) is 5.75 Å². The van der Waals surface area contributed by atoms with Crippen LogP contribution in [0, 0.1) is 12.8 Å². The molecule has 0 bridgehead atoms. The van der Waals surface area contributed by atoms with Crippen LogP contribution >= 0.6 is 0 Å². The second kappa shape index (κ2) is 6.89. The lowest BCUT2D eigenvalue weighted by molar-refractivity contribution is 0.296. The molecule has 0 saturated carbocycles. The summed E-state index contributed by atoms with van der Waals surface area (Å²) in [5.41, 5.74) is 7.27. The van der Waals surface area contributed by atoms with Gasteiger partial charge in [-0.3, -0.25) is 0 Å². The molecule has 18 heavy (non-hydrogen) atoms. The summed E-state index contributed by atoms with van der Waals surface area (Å²) >= 11 is 0. The molecule has 1 rings (SSSR count). The fourth-order valence-electron chi connectivity index (χ4n) is 1.65. The predicted molar refractivity (Wildman–Crippen MR) is 73.3 cm³/mol. The van der Waals surface area contributed by atoms with Gasteiger partial charge in [0.2, 0.25) is 0 Å². The molecule has 0 heterocycles. The number of amidine groups is 1. The van der Waals surface area contributed by atoms with Crippen molar-refractivity contribution in [2.75, 3.05) is 6.61 Å². The minimum Gasteiger partial charge on any atom is -0.493 e. The van der Waals surface area contributed by atoms with E-state index >= 15 is 0 Å². The molecule has 3 N–H and O–H groups in total. The second-order valence-corrected chi connectivity index (χ2v) is 4.85. The first-order valence-electron chi connectivity index (χ1n) is 6.26. The molecule has 0 spiro atoms. The summed E-state index contributed by atoms with van der Waals surface area (Å²) in [6.45, 7) is 7.07. The van der Waals surface area contributed by atoms with Gasteiger partial charge in [0.25, 0.3) is 0 Å². The van der Waals surface area contributed by atoms with Crippen molar-refractivity contribution >= 4 is 5.84 Å². The van der Waals surface area contributed by atoms with Crippen LogP contribution in [0.3, 0.4) is 0 Å². The number of aryl methyl sites for hydroxylation is 1. The van der Waals surface area contributed by atoms with Crippen LogP contribution in [0.25, 0.3) is 0 Å². The smallest absolute Gasteiger partial charge is 0.170 e. The van der Waals surface area contributed by atoms with E-state index in [9.17, 15) is 0 Å². The Morgan fingerprint density at radius 3 is 2.78 bits per heavy atom. The van der Waals surface area contributed by atoms with E-state index in [1.54, 1.807) is 6.07 Å². The summed E-state index contributed by atoms with van der Waals surface area (Å²) in [6.07, 6.45) is 2.18. The molecular formula is C14H22N2O2. The Morgan fingerprint density at radius 1 is 1.44 bits per heavy atom. The Labute approximate surface area is 108 Å². The van der Waals surface area contributed by atoms with Crippen LogP contribution in [-0.4, -0.2) is 17.6 Å². The molecule has 0 aromatic heterocycles. The first-order chi connectivity index (χ1) is 8.54. The highest BCUT2D eigenvalue weighted by Gasteiger charge is 2.05. The summed E-state index contributed by atoms with van der Waals surface area (Å²) in [6, 6.07) is 5.52. The Bertz CT molecular complexity index is 414. The number of rotatable bonds is 6. The maximum atomic E-state index is 8.65. The van der Waals surface area contributed by atoms with Gasteiger partial charge in [0, 0.05) is 5.56 Å². The quantitative estimate of drug-likeness (QED) is 0.268. The van der Waals surface area contributed by atoms with E-state index in [-0.39, 0.29) is 5.84 Å². The molecule has 0 saturated heterocycles. The molecule has 0 aliphatic heterocycles. The SMILES string of the molecule is Cc1ccc(/C(N)=N/O)cc1OCCCC(C)C. The van der Waals surface area contributed by atoms with Crippen LogP contribution in [0.2, 0.25) is 0 Å². The first-order valence-corrected chi connectivity index (χ1v) is 6.26. The second-order valence-electron chi connectivity index (χ2n) is 4.85. The van der Waals surface area contributed by atoms with E-state index in [1.807, 2.05) is 19.1 Å². The summed E-state index contributed by atoms with van der Waals surface area (Å²) in [5, 5.41) is 11.6. The fraction of sp³-hybridized carbons (Fsp3) is 0.500. The number of benzene rings is 1. The largest absolute Gasteiger partial charge is 0.493 e. The zero-order chi connectivity index (χ0) is 13.5. The maximum Gasteiger partial charge on any atom is 0.170 e. The molecule has 0 atom stereocenters. The van der Waals surface area contributed by atoms with E-state index < -0.39 is 0 Å². The van der Waals surface area contributed by atoms with Crippen molar-refractivity contribution in [3.05, 3.63) is 29.3 Å². The highest BCUT2D eigenvalue weighted by atomic mass is 16.5. The monoisotopic (exact) mass is 250 g/mol. The van der Waals surface area contributed by atoms with Gasteiger partial charge in [0.15, 0.2) is 5.84 Å². The molecule has 0 aliphatic rings. The average Bonchev–Trinajstić information content (AvgIpc) is 2.35. The molecular weight excluding hydrogens is 228 g/mol. The lowest BCUT2D eigenvalue weighted by Crippen LogP contribution is -2.13. The third-order valence-electron chi connectivity index (χ3n) is 2.78. The minimum atomic E-state index is 0.0991. The molecule has 0 fully saturated rings. The van der Waals surface area contributed by atoms with E-state index in [1.165, 1.54) is 0 Å². The highest BCUT2D eigenvalue weighted by Crippen LogP contribution is 2.20. The molecule has 4 heteroatoms. The number of hydrogen-bond acceptors (Lipinski definition) is 3. The van der Waals surface area contributed by atoms with Gasteiger partial charge in [0.1, 0.15) is 5.75 Å². The van der Waals surface area contributed by atoms with Crippen molar-refractivity contribution in [3.63, 3.8) is 0 Å². The van der Waals surface area contributed by atoms with Crippen molar-refractivity contribution in [2.45, 2.75) is 33.6 Å². The molecule has 1 aromatic carbocycles. The number of hydrogen-bond donors (Lipinski definition) is 2. The van der Waals surface area contributed by atoms with Gasteiger partial charge < -0.3 is 15.7 Å². The van der Waals surface area contributed by atoms with Gasteiger partial charge in [-0.25, -0.2) is 0 Å². The van der Waals surface area contributed by atoms with E-state index in [2.05, 4.69) is 19.0 Å². The third kappa shape index (κ3) is 4.28. The predicted octanol–water partition coefficient (Wildman–Crippen LogP) is 2.90. The summed E-state index contributed by atoms with van der Waals surface area (Å²) in [4.78, 5) is 0. The number of nitrogens with two attached hydrogens (primary N) is 1. The van der Waals surface area contributed by atoms with E-state index in [0.29, 0.717) is 18.1 Å². The summed E-state index contributed by atoms with van der Waals surface area (Å²) in [7, 11) is 0. The first kappa shape index (κ1) is 14.4. The van der Waals surface area contributed by atoms with Crippen LogP contribution < -0.4 is 10.5 Å². The van der Waals surface area contributed by atoms with Gasteiger partial charge in [-0.2, -0.15) is 0 Å². The van der Waals surface area contributed by atoms with Crippen molar-refractivity contribution in [1.29, 1.82) is 0 Å². The standard InChI is InChI=1S/C14H22N2O2/c1-10(2)5-4-8-18-13-9-12(14(15)16-17)7-6-11(13)3/h6-7,9-10,17H,4-5,8H2,1-3H3,(H2,15,16). The molecule has 0 unspecified atom stereocenters. The summed E-state index contributed by atoms with van der Waals surface area (Å²) < 4.78 is 5.73. The van der Waals surface area contributed by atoms with Crippen LogP contribution in [0.15, 0.2) is 23.4 Å². The Hall–Kier alpha value is -1.71.